The third kappa shape index (κ3) is 5.40. The Labute approximate surface area is 252 Å². The van der Waals surface area contributed by atoms with Gasteiger partial charge in [0, 0.05) is 28.1 Å². The van der Waals surface area contributed by atoms with E-state index in [0.717, 1.165) is 61.5 Å². The molecule has 1 atom stereocenters. The molecule has 4 heterocycles. The molecule has 1 saturated carbocycles. The number of pyridine rings is 1. The highest BCUT2D eigenvalue weighted by Crippen LogP contribution is 2.48. The van der Waals surface area contributed by atoms with E-state index >= 15 is 0 Å². The van der Waals surface area contributed by atoms with Gasteiger partial charge in [0.1, 0.15) is 29.0 Å². The molecule has 222 valence electrons. The van der Waals surface area contributed by atoms with E-state index in [9.17, 15) is 18.7 Å². The number of rotatable bonds is 8. The zero-order valence-corrected chi connectivity index (χ0v) is 24.2. The van der Waals surface area contributed by atoms with Crippen LogP contribution in [-0.4, -0.2) is 50.3 Å². The number of aromatic nitrogens is 3. The molecule has 2 aromatic carbocycles. The molecule has 10 heteroatoms. The van der Waals surface area contributed by atoms with Gasteiger partial charge in [0.25, 0.3) is 0 Å². The summed E-state index contributed by atoms with van der Waals surface area (Å²) in [7, 11) is 0. The van der Waals surface area contributed by atoms with Crippen molar-refractivity contribution in [2.45, 2.75) is 50.8 Å². The van der Waals surface area contributed by atoms with Crippen molar-refractivity contribution in [1.82, 2.24) is 19.4 Å². The molecular formula is C33H31ClF2N4O3. The van der Waals surface area contributed by atoms with Crippen LogP contribution in [0.4, 0.5) is 8.78 Å². The van der Waals surface area contributed by atoms with Crippen molar-refractivity contribution in [3.8, 4) is 5.75 Å². The van der Waals surface area contributed by atoms with Crippen LogP contribution in [0.5, 0.6) is 5.75 Å². The number of carboxylic acids is 1. The van der Waals surface area contributed by atoms with Crippen LogP contribution in [-0.2, 0) is 13.1 Å². The number of carboxylic acid groups (broad SMARTS) is 1. The maximum atomic E-state index is 14.7. The third-order valence-corrected chi connectivity index (χ3v) is 9.29. The van der Waals surface area contributed by atoms with Gasteiger partial charge in [0.05, 0.1) is 13.2 Å². The highest BCUT2D eigenvalue weighted by Gasteiger charge is 2.44. The van der Waals surface area contributed by atoms with Crippen molar-refractivity contribution in [2.24, 2.45) is 5.41 Å². The number of hydrogen-bond donors (Lipinski definition) is 1. The molecular weight excluding hydrogens is 574 g/mol. The van der Waals surface area contributed by atoms with Gasteiger partial charge in [-0.15, -0.1) is 0 Å². The first-order chi connectivity index (χ1) is 20.8. The van der Waals surface area contributed by atoms with Gasteiger partial charge >= 0.3 is 5.97 Å². The van der Waals surface area contributed by atoms with Crippen molar-refractivity contribution in [3.05, 3.63) is 93.7 Å². The number of imidazole rings is 1. The molecule has 2 aliphatic heterocycles. The summed E-state index contributed by atoms with van der Waals surface area (Å²) in [5.41, 5.74) is 3.21. The highest BCUT2D eigenvalue weighted by molar-refractivity contribution is 6.30. The maximum absolute atomic E-state index is 14.7. The van der Waals surface area contributed by atoms with Crippen molar-refractivity contribution in [3.63, 3.8) is 0 Å². The van der Waals surface area contributed by atoms with Gasteiger partial charge in [-0.2, -0.15) is 0 Å². The number of carbonyl (C=O) groups is 1. The lowest BCUT2D eigenvalue weighted by Crippen LogP contribution is -2.34. The zero-order valence-electron chi connectivity index (χ0n) is 23.5. The summed E-state index contributed by atoms with van der Waals surface area (Å²) in [4.78, 5) is 23.1. The summed E-state index contributed by atoms with van der Waals surface area (Å²) >= 11 is 5.96. The number of fused-ring (bicyclic) bond motifs is 2. The molecule has 0 spiro atoms. The number of alkyl halides is 1. The minimum Gasteiger partial charge on any atom is -0.481 e. The second-order valence-corrected chi connectivity index (χ2v) is 12.4. The molecule has 0 amide bonds. The van der Waals surface area contributed by atoms with Crippen LogP contribution in [0.2, 0.25) is 5.02 Å². The van der Waals surface area contributed by atoms with Crippen LogP contribution in [0.25, 0.3) is 17.2 Å². The SMILES string of the molecule is O=C(O)c1ccc2nc(CN3CCC(c4cccc5c4O[C@H](c4ccc(Cl)cc4F)C=C5)CC3)n(CC3(CF)CC3)c2n1. The maximum Gasteiger partial charge on any atom is 0.354 e. The van der Waals surface area contributed by atoms with Gasteiger partial charge in [-0.05, 0) is 80.6 Å². The summed E-state index contributed by atoms with van der Waals surface area (Å²) in [6.07, 6.45) is 6.74. The molecule has 7 rings (SSSR count). The Morgan fingerprint density at radius 2 is 1.91 bits per heavy atom. The number of nitrogens with zero attached hydrogens (tertiary/aromatic N) is 4. The normalized spacial score (nSPS) is 19.7. The highest BCUT2D eigenvalue weighted by atomic mass is 35.5. The van der Waals surface area contributed by atoms with Gasteiger partial charge in [-0.25, -0.2) is 19.2 Å². The molecule has 43 heavy (non-hydrogen) atoms. The quantitative estimate of drug-likeness (QED) is 0.229. The van der Waals surface area contributed by atoms with Crippen LogP contribution in [0.1, 0.15) is 70.7 Å². The zero-order chi connectivity index (χ0) is 29.7. The second kappa shape index (κ2) is 11.0. The standard InChI is InChI=1S/C33H31ClF2N4O3/c34-22-5-6-24(25(36)16-22)28-9-4-21-2-1-3-23(30(21)43-28)20-10-14-39(15-11-20)17-29-37-26-7-8-27(32(41)42)38-31(26)40(29)19-33(18-35)12-13-33/h1-9,16,20,28H,10-15,17-19H2,(H,41,42)/t28-/m0/s1. The predicted octanol–water partition coefficient (Wildman–Crippen LogP) is 7.20. The Morgan fingerprint density at radius 3 is 2.63 bits per heavy atom. The molecule has 1 N–H and O–H groups in total. The molecule has 1 saturated heterocycles. The average molecular weight is 605 g/mol. The summed E-state index contributed by atoms with van der Waals surface area (Å²) in [5, 5.41) is 9.83. The summed E-state index contributed by atoms with van der Waals surface area (Å²) in [6.45, 7) is 2.24. The van der Waals surface area contributed by atoms with Crippen molar-refractivity contribution >= 4 is 34.8 Å². The second-order valence-electron chi connectivity index (χ2n) is 12.0. The van der Waals surface area contributed by atoms with E-state index in [1.165, 1.54) is 12.1 Å². The number of halogens is 3. The van der Waals surface area contributed by atoms with E-state index in [1.807, 2.05) is 28.9 Å². The minimum absolute atomic E-state index is 0.0459. The van der Waals surface area contributed by atoms with Crippen LogP contribution in [0.15, 0.2) is 54.6 Å². The minimum atomic E-state index is -1.10. The van der Waals surface area contributed by atoms with Gasteiger partial charge < -0.3 is 14.4 Å². The van der Waals surface area contributed by atoms with Gasteiger partial charge in [-0.3, -0.25) is 9.29 Å². The number of hydrogen-bond acceptors (Lipinski definition) is 5. The van der Waals surface area contributed by atoms with Gasteiger partial charge in [-0.1, -0.05) is 41.9 Å². The summed E-state index contributed by atoms with van der Waals surface area (Å²) in [6, 6.07) is 13.9. The Hall–Kier alpha value is -3.82. The molecule has 3 aliphatic rings. The first-order valence-electron chi connectivity index (χ1n) is 14.6. The van der Waals surface area contributed by atoms with Crippen LogP contribution in [0.3, 0.4) is 0 Å². The molecule has 1 aliphatic carbocycles. The third-order valence-electron chi connectivity index (χ3n) is 9.06. The largest absolute Gasteiger partial charge is 0.481 e. The summed E-state index contributed by atoms with van der Waals surface area (Å²) < 4.78 is 36.9. The van der Waals surface area contributed by atoms with Crippen LogP contribution >= 0.6 is 11.6 Å². The molecule has 2 aromatic heterocycles. The fourth-order valence-electron chi connectivity index (χ4n) is 6.32. The number of aromatic carboxylic acids is 1. The smallest absolute Gasteiger partial charge is 0.354 e. The molecule has 0 unspecified atom stereocenters. The van der Waals surface area contributed by atoms with Crippen molar-refractivity contribution in [2.75, 3.05) is 19.8 Å². The van der Waals surface area contributed by atoms with Crippen molar-refractivity contribution < 1.29 is 23.4 Å². The predicted molar refractivity (Wildman–Crippen MR) is 160 cm³/mol. The lowest BCUT2D eigenvalue weighted by atomic mass is 9.87. The van der Waals surface area contributed by atoms with Crippen LogP contribution in [0, 0.1) is 11.2 Å². The van der Waals surface area contributed by atoms with E-state index in [0.29, 0.717) is 34.8 Å². The Kier molecular flexibility index (Phi) is 7.18. The lowest BCUT2D eigenvalue weighted by molar-refractivity contribution is 0.0690. The first kappa shape index (κ1) is 28.0. The molecule has 4 aromatic rings. The first-order valence-corrected chi connectivity index (χ1v) is 15.0. The number of ether oxygens (including phenoxy) is 1. The Balaban J connectivity index is 1.09. The number of para-hydroxylation sites is 1. The number of piperidine rings is 1. The monoisotopic (exact) mass is 604 g/mol. The topological polar surface area (TPSA) is 80.5 Å². The van der Waals surface area contributed by atoms with E-state index in [-0.39, 0.29) is 11.6 Å². The fraction of sp³-hybridized carbons (Fsp3) is 0.364. The lowest BCUT2D eigenvalue weighted by Gasteiger charge is -2.34. The van der Waals surface area contributed by atoms with Gasteiger partial charge in [0.15, 0.2) is 11.3 Å². The Bertz CT molecular complexity index is 1740. The van der Waals surface area contributed by atoms with E-state index < -0.39 is 30.0 Å². The average Bonchev–Trinajstić information content (AvgIpc) is 3.72. The number of benzene rings is 2. The van der Waals surface area contributed by atoms with E-state index in [1.54, 1.807) is 18.2 Å². The van der Waals surface area contributed by atoms with Crippen LogP contribution < -0.4 is 4.74 Å². The molecule has 0 radical (unpaired) electrons. The van der Waals surface area contributed by atoms with Gasteiger partial charge in [0.2, 0.25) is 0 Å². The van der Waals surface area contributed by atoms with Crippen molar-refractivity contribution in [1.29, 1.82) is 0 Å². The van der Waals surface area contributed by atoms with E-state index in [4.69, 9.17) is 21.3 Å². The summed E-state index contributed by atoms with van der Waals surface area (Å²) in [5.74, 6) is 0.355. The Morgan fingerprint density at radius 1 is 1.09 bits per heavy atom. The molecule has 2 fully saturated rings. The van der Waals surface area contributed by atoms with E-state index in [2.05, 4.69) is 16.0 Å². The fourth-order valence-corrected chi connectivity index (χ4v) is 6.48. The molecule has 7 nitrogen and oxygen atoms in total. The number of likely N-dealkylation sites (tertiary alicyclic amines) is 1. The molecule has 0 bridgehead atoms.